The molecule has 0 N–H and O–H groups in total. The topological polar surface area (TPSA) is 3.24 Å². The average molecular weight is 914 g/mol. The summed E-state index contributed by atoms with van der Waals surface area (Å²) in [6.45, 7) is 0. The summed E-state index contributed by atoms with van der Waals surface area (Å²) < 4.78 is 0. The maximum Gasteiger partial charge on any atom is 0.0714 e. The molecule has 0 unspecified atom stereocenters. The lowest BCUT2D eigenvalue weighted by Crippen LogP contribution is -2.28. The Morgan fingerprint density at radius 2 is 0.736 bits per heavy atom. The summed E-state index contributed by atoms with van der Waals surface area (Å²) in [6, 6.07) is 106. The molecule has 14 rings (SSSR count). The molecule has 0 amide bonds. The second-order valence-corrected chi connectivity index (χ2v) is 19.1. The summed E-state index contributed by atoms with van der Waals surface area (Å²) >= 11 is 0. The van der Waals surface area contributed by atoms with Crippen molar-refractivity contribution in [2.24, 2.45) is 0 Å². The number of anilines is 3. The van der Waals surface area contributed by atoms with E-state index in [-0.39, 0.29) is 0 Å². The molecule has 0 fully saturated rings. The molecule has 13 aromatic rings. The van der Waals surface area contributed by atoms with Crippen LogP contribution in [0.15, 0.2) is 285 Å². The van der Waals surface area contributed by atoms with Gasteiger partial charge in [-0.05, 0) is 135 Å². The van der Waals surface area contributed by atoms with Gasteiger partial charge in [0.05, 0.1) is 11.1 Å². The van der Waals surface area contributed by atoms with Crippen molar-refractivity contribution in [1.29, 1.82) is 0 Å². The van der Waals surface area contributed by atoms with Crippen LogP contribution in [0.4, 0.5) is 17.1 Å². The Labute approximate surface area is 420 Å². The molecule has 336 valence electrons. The number of hydrogen-bond acceptors (Lipinski definition) is 1. The van der Waals surface area contributed by atoms with E-state index >= 15 is 0 Å². The van der Waals surface area contributed by atoms with Gasteiger partial charge in [-0.3, -0.25) is 0 Å². The van der Waals surface area contributed by atoms with E-state index in [0.717, 1.165) is 17.1 Å². The predicted octanol–water partition coefficient (Wildman–Crippen LogP) is 19.1. The lowest BCUT2D eigenvalue weighted by molar-refractivity contribution is 0.768. The van der Waals surface area contributed by atoms with Gasteiger partial charge in [0.1, 0.15) is 0 Å². The molecule has 0 saturated heterocycles. The lowest BCUT2D eigenvalue weighted by Gasteiger charge is -2.34. The van der Waals surface area contributed by atoms with Gasteiger partial charge in [-0.1, -0.05) is 255 Å². The molecule has 13 aromatic carbocycles. The fourth-order valence-corrected chi connectivity index (χ4v) is 12.3. The van der Waals surface area contributed by atoms with Crippen LogP contribution in [0, 0.1) is 0 Å². The molecule has 0 saturated carbocycles. The monoisotopic (exact) mass is 913 g/mol. The molecule has 1 nitrogen and oxygen atoms in total. The molecular formula is C71H47N. The highest BCUT2D eigenvalue weighted by molar-refractivity contribution is 6.22. The van der Waals surface area contributed by atoms with Gasteiger partial charge in [0.2, 0.25) is 0 Å². The van der Waals surface area contributed by atoms with Gasteiger partial charge in [0.25, 0.3) is 0 Å². The zero-order valence-electron chi connectivity index (χ0n) is 39.6. The highest BCUT2D eigenvalue weighted by Crippen LogP contribution is 2.60. The smallest absolute Gasteiger partial charge is 0.0714 e. The summed E-state index contributed by atoms with van der Waals surface area (Å²) in [5.41, 5.74) is 17.5. The van der Waals surface area contributed by atoms with Crippen molar-refractivity contribution in [3.05, 3.63) is 307 Å². The van der Waals surface area contributed by atoms with Crippen LogP contribution in [0.1, 0.15) is 22.3 Å². The molecule has 0 radical (unpaired) electrons. The third kappa shape index (κ3) is 6.41. The molecule has 0 atom stereocenters. The normalized spacial score (nSPS) is 12.6. The SMILES string of the molecule is c1ccc(-c2c(-c3ccccc3)c3cc(N(c4ccc(-c5cccc6c5ccc5ccccc56)cc4)c4cccc5c4-c4ccccc4C5(c4ccccc4)c4ccccc4)ccc3c3ccccc23)cc1. The molecule has 0 aliphatic heterocycles. The van der Waals surface area contributed by atoms with Crippen molar-refractivity contribution in [1.82, 2.24) is 0 Å². The number of hydrogen-bond donors (Lipinski definition) is 0. The molecule has 0 bridgehead atoms. The number of fused-ring (bicyclic) bond motifs is 9. The quantitative estimate of drug-likeness (QED) is 0.137. The molecule has 0 aromatic heterocycles. The first-order valence-electron chi connectivity index (χ1n) is 25.0. The minimum absolute atomic E-state index is 0.550. The first-order valence-corrected chi connectivity index (χ1v) is 25.0. The van der Waals surface area contributed by atoms with Crippen molar-refractivity contribution < 1.29 is 0 Å². The first kappa shape index (κ1) is 41.7. The van der Waals surface area contributed by atoms with Gasteiger partial charge < -0.3 is 4.90 Å². The van der Waals surface area contributed by atoms with Crippen LogP contribution in [0.3, 0.4) is 0 Å². The van der Waals surface area contributed by atoms with Crippen molar-refractivity contribution in [3.63, 3.8) is 0 Å². The molecular weight excluding hydrogens is 867 g/mol. The standard InChI is InChI=1S/C71H47N/c1-5-22-50(23-6-1)68-62-32-16-15-31-59(62)61-46-44-55(47-64(61)69(68)51-24-7-2-8-25-51)72(54-42-39-49(40-43-54)57-34-19-35-58-56-30-14-13-21-48(56)41-45-60(57)58)67-38-20-37-66-70(67)63-33-17-18-36-65(63)71(66,52-26-9-3-10-27-52)53-28-11-4-12-29-53/h1-47H. The van der Waals surface area contributed by atoms with Crippen LogP contribution in [-0.2, 0) is 5.41 Å². The molecule has 1 heteroatoms. The summed E-state index contributed by atoms with van der Waals surface area (Å²) in [5, 5.41) is 9.95. The van der Waals surface area contributed by atoms with Gasteiger partial charge in [-0.25, -0.2) is 0 Å². The van der Waals surface area contributed by atoms with Crippen molar-refractivity contribution in [3.8, 4) is 44.5 Å². The number of rotatable bonds is 8. The van der Waals surface area contributed by atoms with E-state index in [1.165, 1.54) is 110 Å². The highest BCUT2D eigenvalue weighted by atomic mass is 15.1. The third-order valence-electron chi connectivity index (χ3n) is 15.3. The summed E-state index contributed by atoms with van der Waals surface area (Å²) in [7, 11) is 0. The van der Waals surface area contributed by atoms with Crippen LogP contribution in [0.2, 0.25) is 0 Å². The first-order chi connectivity index (χ1) is 35.8. The molecule has 0 heterocycles. The van der Waals surface area contributed by atoms with E-state index in [1.807, 2.05) is 0 Å². The van der Waals surface area contributed by atoms with Crippen LogP contribution >= 0.6 is 0 Å². The van der Waals surface area contributed by atoms with Gasteiger partial charge in [-0.2, -0.15) is 0 Å². The Hall–Kier alpha value is -9.30. The van der Waals surface area contributed by atoms with Crippen molar-refractivity contribution >= 4 is 60.2 Å². The molecule has 1 aliphatic rings. The van der Waals surface area contributed by atoms with Crippen molar-refractivity contribution in [2.45, 2.75) is 5.41 Å². The Morgan fingerprint density at radius 3 is 1.44 bits per heavy atom. The highest BCUT2D eigenvalue weighted by Gasteiger charge is 2.47. The van der Waals surface area contributed by atoms with E-state index in [4.69, 9.17) is 0 Å². The van der Waals surface area contributed by atoms with Crippen molar-refractivity contribution in [2.75, 3.05) is 4.90 Å². The zero-order chi connectivity index (χ0) is 47.6. The van der Waals surface area contributed by atoms with Gasteiger partial charge in [0, 0.05) is 16.9 Å². The third-order valence-corrected chi connectivity index (χ3v) is 15.3. The van der Waals surface area contributed by atoms with Crippen LogP contribution in [0.5, 0.6) is 0 Å². The second-order valence-electron chi connectivity index (χ2n) is 19.1. The van der Waals surface area contributed by atoms with E-state index in [0.29, 0.717) is 0 Å². The summed E-state index contributed by atoms with van der Waals surface area (Å²) in [5.74, 6) is 0. The van der Waals surface area contributed by atoms with Crippen LogP contribution in [-0.4, -0.2) is 0 Å². The fraction of sp³-hybridized carbons (Fsp3) is 0.0141. The minimum Gasteiger partial charge on any atom is -0.310 e. The summed E-state index contributed by atoms with van der Waals surface area (Å²) in [6.07, 6.45) is 0. The minimum atomic E-state index is -0.550. The lowest BCUT2D eigenvalue weighted by atomic mass is 9.68. The maximum absolute atomic E-state index is 2.52. The van der Waals surface area contributed by atoms with E-state index in [1.54, 1.807) is 0 Å². The van der Waals surface area contributed by atoms with Gasteiger partial charge in [-0.15, -0.1) is 0 Å². The largest absolute Gasteiger partial charge is 0.310 e. The van der Waals surface area contributed by atoms with Crippen LogP contribution < -0.4 is 4.90 Å². The van der Waals surface area contributed by atoms with Gasteiger partial charge in [0.15, 0.2) is 0 Å². The zero-order valence-corrected chi connectivity index (χ0v) is 39.6. The fourth-order valence-electron chi connectivity index (χ4n) is 12.3. The Bertz CT molecular complexity index is 4140. The van der Waals surface area contributed by atoms with E-state index < -0.39 is 5.41 Å². The average Bonchev–Trinajstić information content (AvgIpc) is 3.77. The van der Waals surface area contributed by atoms with E-state index in [9.17, 15) is 0 Å². The maximum atomic E-state index is 2.52. The summed E-state index contributed by atoms with van der Waals surface area (Å²) in [4.78, 5) is 2.52. The molecule has 1 aliphatic carbocycles. The Kier molecular flexibility index (Phi) is 9.82. The van der Waals surface area contributed by atoms with E-state index in [2.05, 4.69) is 290 Å². The molecule has 0 spiro atoms. The number of benzene rings is 13. The predicted molar refractivity (Wildman–Crippen MR) is 305 cm³/mol. The Morgan fingerprint density at radius 1 is 0.250 bits per heavy atom. The molecule has 72 heavy (non-hydrogen) atoms. The van der Waals surface area contributed by atoms with Crippen LogP contribution in [0.25, 0.3) is 87.6 Å². The van der Waals surface area contributed by atoms with Gasteiger partial charge >= 0.3 is 0 Å². The Balaban J connectivity index is 1.06. The number of nitrogens with zero attached hydrogens (tertiary/aromatic N) is 1. The second kappa shape index (κ2) is 17.0.